The van der Waals surface area contributed by atoms with Crippen LogP contribution in [0.25, 0.3) is 10.9 Å². The van der Waals surface area contributed by atoms with Crippen LogP contribution in [0.2, 0.25) is 0 Å². The summed E-state index contributed by atoms with van der Waals surface area (Å²) in [5.41, 5.74) is 3.85. The fourth-order valence-corrected chi connectivity index (χ4v) is 2.19. The van der Waals surface area contributed by atoms with Crippen LogP contribution >= 0.6 is 0 Å². The van der Waals surface area contributed by atoms with Crippen LogP contribution in [0.1, 0.15) is 37.0 Å². The highest BCUT2D eigenvalue weighted by Crippen LogP contribution is 2.20. The number of benzene rings is 1. The number of carbonyl (C=O) groups excluding carboxylic acids is 1. The maximum Gasteiger partial charge on any atom is 0.252 e. The van der Waals surface area contributed by atoms with Gasteiger partial charge in [0.05, 0.1) is 11.1 Å². The van der Waals surface area contributed by atoms with E-state index in [2.05, 4.69) is 29.6 Å². The van der Waals surface area contributed by atoms with E-state index in [1.54, 1.807) is 6.07 Å². The van der Waals surface area contributed by atoms with Gasteiger partial charge in [0.2, 0.25) is 0 Å². The van der Waals surface area contributed by atoms with Crippen molar-refractivity contribution in [2.75, 3.05) is 5.43 Å². The zero-order valence-corrected chi connectivity index (χ0v) is 11.8. The molecule has 1 amide bonds. The van der Waals surface area contributed by atoms with Crippen molar-refractivity contribution in [2.45, 2.75) is 32.7 Å². The molecule has 0 aliphatic rings. The van der Waals surface area contributed by atoms with Crippen molar-refractivity contribution in [1.29, 1.82) is 0 Å². The predicted octanol–water partition coefficient (Wildman–Crippen LogP) is 2.44. The van der Waals surface area contributed by atoms with Gasteiger partial charge in [0.1, 0.15) is 5.82 Å². The van der Waals surface area contributed by atoms with Crippen molar-refractivity contribution < 1.29 is 4.79 Å². The molecule has 0 saturated heterocycles. The van der Waals surface area contributed by atoms with Crippen LogP contribution < -0.4 is 16.6 Å². The molecule has 0 atom stereocenters. The normalized spacial score (nSPS) is 10.8. The van der Waals surface area contributed by atoms with Gasteiger partial charge in [-0.2, -0.15) is 0 Å². The minimum atomic E-state index is -0.0891. The first kappa shape index (κ1) is 14.3. The highest BCUT2D eigenvalue weighted by atomic mass is 16.1. The first-order valence-electron chi connectivity index (χ1n) is 6.86. The molecule has 2 rings (SSSR count). The van der Waals surface area contributed by atoms with Gasteiger partial charge in [-0.05, 0) is 25.0 Å². The summed E-state index contributed by atoms with van der Waals surface area (Å²) >= 11 is 0. The van der Waals surface area contributed by atoms with E-state index in [1.165, 1.54) is 0 Å². The number of aromatic nitrogens is 1. The fraction of sp³-hybridized carbons (Fsp3) is 0.333. The Balaban J connectivity index is 2.44. The number of nitrogens with one attached hydrogen (secondary N) is 2. The molecule has 4 N–H and O–H groups in total. The summed E-state index contributed by atoms with van der Waals surface area (Å²) in [6.45, 7) is 4.12. The van der Waals surface area contributed by atoms with Gasteiger partial charge >= 0.3 is 0 Å². The Kier molecular flexibility index (Phi) is 4.53. The van der Waals surface area contributed by atoms with Crippen LogP contribution in [0.5, 0.6) is 0 Å². The van der Waals surface area contributed by atoms with Crippen LogP contribution in [0.4, 0.5) is 5.82 Å². The lowest BCUT2D eigenvalue weighted by atomic mass is 10.1. The molecule has 5 nitrogen and oxygen atoms in total. The number of carbonyl (C=O) groups is 1. The third kappa shape index (κ3) is 2.88. The molecule has 0 aliphatic heterocycles. The zero-order chi connectivity index (χ0) is 14.5. The summed E-state index contributed by atoms with van der Waals surface area (Å²) in [7, 11) is 0. The molecule has 0 saturated carbocycles. The van der Waals surface area contributed by atoms with Crippen LogP contribution in [-0.2, 0) is 0 Å². The van der Waals surface area contributed by atoms with Gasteiger partial charge < -0.3 is 10.7 Å². The minimum absolute atomic E-state index is 0.0891. The van der Waals surface area contributed by atoms with Gasteiger partial charge in [0.25, 0.3) is 5.91 Å². The summed E-state index contributed by atoms with van der Waals surface area (Å²) in [6.07, 6.45) is 1.82. The van der Waals surface area contributed by atoms with Crippen molar-refractivity contribution in [3.05, 3.63) is 35.9 Å². The van der Waals surface area contributed by atoms with E-state index in [-0.39, 0.29) is 11.9 Å². The number of pyridine rings is 1. The summed E-state index contributed by atoms with van der Waals surface area (Å²) in [6, 6.07) is 9.41. The van der Waals surface area contributed by atoms with E-state index >= 15 is 0 Å². The summed E-state index contributed by atoms with van der Waals surface area (Å²) < 4.78 is 0. The smallest absolute Gasteiger partial charge is 0.252 e. The average Bonchev–Trinajstić information content (AvgIpc) is 2.51. The summed E-state index contributed by atoms with van der Waals surface area (Å²) in [4.78, 5) is 16.8. The van der Waals surface area contributed by atoms with E-state index in [4.69, 9.17) is 5.84 Å². The van der Waals surface area contributed by atoms with E-state index in [0.29, 0.717) is 11.4 Å². The molecule has 2 aromatic rings. The van der Waals surface area contributed by atoms with Gasteiger partial charge in [-0.1, -0.05) is 32.0 Å². The highest BCUT2D eigenvalue weighted by molar-refractivity contribution is 6.07. The molecular weight excluding hydrogens is 252 g/mol. The highest BCUT2D eigenvalue weighted by Gasteiger charge is 2.15. The largest absolute Gasteiger partial charge is 0.349 e. The van der Waals surface area contributed by atoms with Gasteiger partial charge in [-0.15, -0.1) is 0 Å². The van der Waals surface area contributed by atoms with Crippen LogP contribution in [0, 0.1) is 0 Å². The Morgan fingerprint density at radius 1 is 1.30 bits per heavy atom. The Labute approximate surface area is 118 Å². The van der Waals surface area contributed by atoms with Crippen LogP contribution in [0.15, 0.2) is 30.3 Å². The number of amides is 1. The maximum absolute atomic E-state index is 12.4. The number of hydrogen-bond acceptors (Lipinski definition) is 4. The topological polar surface area (TPSA) is 80.0 Å². The first-order chi connectivity index (χ1) is 9.69. The number of fused-ring (bicyclic) bond motifs is 1. The molecule has 0 radical (unpaired) electrons. The second-order valence-corrected chi connectivity index (χ2v) is 4.70. The summed E-state index contributed by atoms with van der Waals surface area (Å²) in [5.74, 6) is 5.81. The van der Waals surface area contributed by atoms with Gasteiger partial charge in [0, 0.05) is 11.4 Å². The Hall–Kier alpha value is -2.14. The van der Waals surface area contributed by atoms with Crippen molar-refractivity contribution in [3.8, 4) is 0 Å². The Bertz CT molecular complexity index is 608. The number of para-hydroxylation sites is 1. The van der Waals surface area contributed by atoms with E-state index in [0.717, 1.165) is 23.7 Å². The second kappa shape index (κ2) is 6.34. The van der Waals surface area contributed by atoms with Gasteiger partial charge in [0.15, 0.2) is 0 Å². The van der Waals surface area contributed by atoms with Crippen molar-refractivity contribution in [1.82, 2.24) is 10.3 Å². The standard InChI is InChI=1S/C15H20N4O/c1-3-10(4-2)17-15(20)12-9-14(19-16)18-13-8-6-5-7-11(12)13/h5-10H,3-4,16H2,1-2H3,(H,17,20)(H,18,19). The van der Waals surface area contributed by atoms with Gasteiger partial charge in [-0.3, -0.25) is 4.79 Å². The molecule has 1 heterocycles. The van der Waals surface area contributed by atoms with E-state index < -0.39 is 0 Å². The van der Waals surface area contributed by atoms with Crippen molar-refractivity contribution in [2.24, 2.45) is 5.84 Å². The van der Waals surface area contributed by atoms with E-state index in [1.807, 2.05) is 24.3 Å². The number of anilines is 1. The third-order valence-corrected chi connectivity index (χ3v) is 3.43. The number of nitrogen functional groups attached to an aromatic ring is 1. The Morgan fingerprint density at radius 3 is 2.65 bits per heavy atom. The molecule has 106 valence electrons. The molecule has 1 aromatic heterocycles. The number of hydrazine groups is 1. The average molecular weight is 272 g/mol. The SMILES string of the molecule is CCC(CC)NC(=O)c1cc(NN)nc2ccccc12. The lowest BCUT2D eigenvalue weighted by Crippen LogP contribution is -2.34. The minimum Gasteiger partial charge on any atom is -0.349 e. The first-order valence-corrected chi connectivity index (χ1v) is 6.86. The molecule has 0 fully saturated rings. The lowest BCUT2D eigenvalue weighted by molar-refractivity contribution is 0.0936. The molecule has 0 unspecified atom stereocenters. The number of hydrogen-bond donors (Lipinski definition) is 3. The predicted molar refractivity (Wildman–Crippen MR) is 81.4 cm³/mol. The molecule has 1 aromatic carbocycles. The lowest BCUT2D eigenvalue weighted by Gasteiger charge is -2.16. The third-order valence-electron chi connectivity index (χ3n) is 3.43. The van der Waals surface area contributed by atoms with Gasteiger partial charge in [-0.25, -0.2) is 10.8 Å². The zero-order valence-electron chi connectivity index (χ0n) is 11.8. The monoisotopic (exact) mass is 272 g/mol. The molecule has 20 heavy (non-hydrogen) atoms. The van der Waals surface area contributed by atoms with Crippen molar-refractivity contribution in [3.63, 3.8) is 0 Å². The molecule has 0 bridgehead atoms. The number of rotatable bonds is 5. The maximum atomic E-state index is 12.4. The molecule has 0 spiro atoms. The van der Waals surface area contributed by atoms with Crippen molar-refractivity contribution >= 4 is 22.6 Å². The second-order valence-electron chi connectivity index (χ2n) is 4.70. The quantitative estimate of drug-likeness (QED) is 0.577. The van der Waals surface area contributed by atoms with Crippen LogP contribution in [-0.4, -0.2) is 16.9 Å². The number of nitrogens with two attached hydrogens (primary N) is 1. The van der Waals surface area contributed by atoms with E-state index in [9.17, 15) is 4.79 Å². The molecule has 0 aliphatic carbocycles. The Morgan fingerprint density at radius 2 is 2.00 bits per heavy atom. The summed E-state index contributed by atoms with van der Waals surface area (Å²) in [5, 5.41) is 3.87. The molecular formula is C15H20N4O. The number of nitrogens with zero attached hydrogens (tertiary/aromatic N) is 1. The fourth-order valence-electron chi connectivity index (χ4n) is 2.19. The molecule has 5 heteroatoms. The van der Waals surface area contributed by atoms with Crippen LogP contribution in [0.3, 0.4) is 0 Å².